The second kappa shape index (κ2) is 7.73. The number of aromatic nitrogens is 3. The first-order valence-electron chi connectivity index (χ1n) is 8.89. The maximum atomic E-state index is 14.6. The van der Waals surface area contributed by atoms with Crippen LogP contribution >= 0.6 is 11.6 Å². The molecule has 1 aromatic carbocycles. The Bertz CT molecular complexity index is 1320. The number of hydrogen-bond donors (Lipinski definition) is 1. The van der Waals surface area contributed by atoms with Crippen molar-refractivity contribution in [1.29, 1.82) is 0 Å². The maximum Gasteiger partial charge on any atom is 0.411 e. The van der Waals surface area contributed by atoms with Gasteiger partial charge in [0.15, 0.2) is 11.0 Å². The quantitative estimate of drug-likeness (QED) is 0.507. The summed E-state index contributed by atoms with van der Waals surface area (Å²) < 4.78 is 21.2. The fourth-order valence-corrected chi connectivity index (χ4v) is 3.06. The molecule has 0 aliphatic rings. The molecule has 0 bridgehead atoms. The van der Waals surface area contributed by atoms with E-state index < -0.39 is 17.8 Å². The van der Waals surface area contributed by atoms with Crippen molar-refractivity contribution in [2.75, 3.05) is 23.9 Å². The van der Waals surface area contributed by atoms with Crippen molar-refractivity contribution in [2.24, 2.45) is 0 Å². The Balaban J connectivity index is 1.70. The minimum atomic E-state index is -1.15. The van der Waals surface area contributed by atoms with Gasteiger partial charge in [0.1, 0.15) is 5.82 Å². The third kappa shape index (κ3) is 3.80. The summed E-state index contributed by atoms with van der Waals surface area (Å²) in [5.41, 5.74) is 1.14. The van der Waals surface area contributed by atoms with Gasteiger partial charge in [0.2, 0.25) is 5.78 Å². The first-order chi connectivity index (χ1) is 14.7. The monoisotopic (exact) mass is 443 g/mol. The lowest BCUT2D eigenvalue weighted by Crippen LogP contribution is -2.25. The Morgan fingerprint density at radius 3 is 2.58 bits per heavy atom. The zero-order valence-electron chi connectivity index (χ0n) is 16.3. The zero-order chi connectivity index (χ0) is 22.3. The van der Waals surface area contributed by atoms with E-state index in [-0.39, 0.29) is 28.0 Å². The lowest BCUT2D eigenvalue weighted by Gasteiger charge is -2.17. The fourth-order valence-electron chi connectivity index (χ4n) is 2.92. The average Bonchev–Trinajstić information content (AvgIpc) is 3.37. The van der Waals surface area contributed by atoms with Crippen molar-refractivity contribution in [3.05, 3.63) is 65.7 Å². The van der Waals surface area contributed by atoms with Crippen LogP contribution in [0, 0.1) is 5.82 Å². The molecule has 0 atom stereocenters. The van der Waals surface area contributed by atoms with Crippen molar-refractivity contribution < 1.29 is 23.5 Å². The summed E-state index contributed by atoms with van der Waals surface area (Å²) in [5.74, 6) is -0.693. The van der Waals surface area contributed by atoms with Crippen LogP contribution in [-0.2, 0) is 0 Å². The maximum absolute atomic E-state index is 14.6. The smallest absolute Gasteiger partial charge is 0.411 e. The molecular formula is C20H15ClFN5O4. The number of fused-ring (bicyclic) bond motifs is 1. The van der Waals surface area contributed by atoms with E-state index in [0.29, 0.717) is 11.4 Å². The molecule has 4 rings (SSSR count). The summed E-state index contributed by atoms with van der Waals surface area (Å²) in [6.07, 6.45) is 3.25. The van der Waals surface area contributed by atoms with Crippen LogP contribution in [0.4, 0.5) is 20.6 Å². The number of nitrogens with zero attached hydrogens (tertiary/aromatic N) is 5. The van der Waals surface area contributed by atoms with Crippen molar-refractivity contribution in [2.45, 2.75) is 0 Å². The van der Waals surface area contributed by atoms with Gasteiger partial charge < -0.3 is 14.4 Å². The molecule has 3 heterocycles. The highest BCUT2D eigenvalue weighted by atomic mass is 35.5. The second-order valence-corrected chi connectivity index (χ2v) is 6.99. The van der Waals surface area contributed by atoms with E-state index in [1.165, 1.54) is 72.3 Å². The number of hydrogen-bond acceptors (Lipinski definition) is 5. The highest BCUT2D eigenvalue weighted by molar-refractivity contribution is 6.29. The topological polar surface area (TPSA) is 104 Å². The highest BCUT2D eigenvalue weighted by Gasteiger charge is 2.20. The van der Waals surface area contributed by atoms with Crippen molar-refractivity contribution in [3.8, 4) is 11.3 Å². The lowest BCUT2D eigenvalue weighted by atomic mass is 10.1. The van der Waals surface area contributed by atoms with Crippen molar-refractivity contribution in [3.63, 3.8) is 0 Å². The number of halogens is 2. The number of furan rings is 1. The van der Waals surface area contributed by atoms with Gasteiger partial charge in [-0.05, 0) is 41.9 Å². The number of carbonyl (C=O) groups excluding carboxylic acids is 1. The van der Waals surface area contributed by atoms with Crippen LogP contribution in [0.5, 0.6) is 0 Å². The van der Waals surface area contributed by atoms with E-state index in [0.717, 1.165) is 4.90 Å². The predicted molar refractivity (Wildman–Crippen MR) is 111 cm³/mol. The Morgan fingerprint density at radius 2 is 1.90 bits per heavy atom. The predicted octanol–water partition coefficient (Wildman–Crippen LogP) is 4.17. The molecule has 0 unspecified atom stereocenters. The molecule has 0 aliphatic heterocycles. The van der Waals surface area contributed by atoms with Crippen molar-refractivity contribution in [1.82, 2.24) is 14.4 Å². The van der Waals surface area contributed by atoms with E-state index in [4.69, 9.17) is 21.1 Å². The third-order valence-corrected chi connectivity index (χ3v) is 4.88. The molecule has 0 spiro atoms. The van der Waals surface area contributed by atoms with Crippen molar-refractivity contribution >= 4 is 40.8 Å². The Morgan fingerprint density at radius 1 is 1.13 bits per heavy atom. The standard InChI is InChI=1S/C20H15ClFN5O4/c1-25(18(28)16-5-6-17(21)31-16)11-3-4-14(22)13(7-11)15-10-27-9-12(26(2)20(29)30)8-23-19(27)24-15/h3-10H,1-2H3,(H,29,30). The number of amides is 2. The summed E-state index contributed by atoms with van der Waals surface area (Å²) in [7, 11) is 2.90. The van der Waals surface area contributed by atoms with Crippen LogP contribution in [0.25, 0.3) is 17.0 Å². The number of benzene rings is 1. The molecule has 1 N–H and O–H groups in total. The molecule has 31 heavy (non-hydrogen) atoms. The molecular weight excluding hydrogens is 429 g/mol. The van der Waals surface area contributed by atoms with Gasteiger partial charge in [0, 0.05) is 37.7 Å². The minimum Gasteiger partial charge on any atom is -0.465 e. The Hall–Kier alpha value is -3.92. The molecule has 11 heteroatoms. The van der Waals surface area contributed by atoms with E-state index in [1.54, 1.807) is 0 Å². The number of rotatable bonds is 4. The van der Waals surface area contributed by atoms with Gasteiger partial charge in [-0.25, -0.2) is 19.2 Å². The third-order valence-electron chi connectivity index (χ3n) is 4.67. The molecule has 158 valence electrons. The molecule has 4 aromatic rings. The van der Waals surface area contributed by atoms with Crippen LogP contribution < -0.4 is 9.80 Å². The molecule has 9 nitrogen and oxygen atoms in total. The minimum absolute atomic E-state index is 0.0467. The second-order valence-electron chi connectivity index (χ2n) is 6.62. The highest BCUT2D eigenvalue weighted by Crippen LogP contribution is 2.28. The van der Waals surface area contributed by atoms with Gasteiger partial charge in [0.05, 0.1) is 17.6 Å². The van der Waals surface area contributed by atoms with Crippen LogP contribution in [0.1, 0.15) is 10.6 Å². The average molecular weight is 444 g/mol. The molecule has 0 radical (unpaired) electrons. The molecule has 0 fully saturated rings. The number of carboxylic acid groups (broad SMARTS) is 1. The van der Waals surface area contributed by atoms with E-state index in [9.17, 15) is 14.0 Å². The fraction of sp³-hybridized carbons (Fsp3) is 0.100. The summed E-state index contributed by atoms with van der Waals surface area (Å²) in [6, 6.07) is 7.06. The number of imidazole rings is 1. The van der Waals surface area contributed by atoms with Gasteiger partial charge in [0.25, 0.3) is 5.91 Å². The first kappa shape index (κ1) is 20.4. The molecule has 0 aliphatic carbocycles. The first-order valence-corrected chi connectivity index (χ1v) is 9.27. The summed E-state index contributed by atoms with van der Waals surface area (Å²) in [6.45, 7) is 0. The Labute approximate surface area is 179 Å². The van der Waals surface area contributed by atoms with E-state index >= 15 is 0 Å². The number of anilines is 2. The van der Waals surface area contributed by atoms with Crippen LogP contribution in [0.3, 0.4) is 0 Å². The van der Waals surface area contributed by atoms with Gasteiger partial charge in [-0.3, -0.25) is 14.1 Å². The van der Waals surface area contributed by atoms with Gasteiger partial charge >= 0.3 is 6.09 Å². The Kier molecular flexibility index (Phi) is 5.07. The lowest BCUT2D eigenvalue weighted by molar-refractivity contribution is 0.0966. The largest absolute Gasteiger partial charge is 0.465 e. The van der Waals surface area contributed by atoms with Crippen LogP contribution in [0.15, 0.2) is 53.3 Å². The van der Waals surface area contributed by atoms with E-state index in [1.807, 2.05) is 0 Å². The van der Waals surface area contributed by atoms with Gasteiger partial charge in [-0.2, -0.15) is 0 Å². The van der Waals surface area contributed by atoms with Gasteiger partial charge in [-0.1, -0.05) is 0 Å². The SMILES string of the molecule is CN(C(=O)O)c1cnc2nc(-c3cc(N(C)C(=O)c4ccc(Cl)o4)ccc3F)cn2c1. The molecule has 0 saturated heterocycles. The zero-order valence-corrected chi connectivity index (χ0v) is 17.0. The summed E-state index contributed by atoms with van der Waals surface area (Å²) in [4.78, 5) is 34.4. The molecule has 3 aromatic heterocycles. The summed E-state index contributed by atoms with van der Waals surface area (Å²) in [5, 5.41) is 9.20. The molecule has 0 saturated carbocycles. The van der Waals surface area contributed by atoms with E-state index in [2.05, 4.69) is 9.97 Å². The summed E-state index contributed by atoms with van der Waals surface area (Å²) >= 11 is 5.73. The van der Waals surface area contributed by atoms with Crippen LogP contribution in [0.2, 0.25) is 5.22 Å². The molecule has 2 amide bonds. The normalized spacial score (nSPS) is 11.0. The number of carbonyl (C=O) groups is 2. The van der Waals surface area contributed by atoms with Gasteiger partial charge in [-0.15, -0.1) is 0 Å². The van der Waals surface area contributed by atoms with Crippen LogP contribution in [-0.4, -0.2) is 45.6 Å².